The number of methoxy groups -OCH3 is 2. The van der Waals surface area contributed by atoms with Gasteiger partial charge in [0.05, 0.1) is 24.9 Å². The van der Waals surface area contributed by atoms with Gasteiger partial charge in [0, 0.05) is 6.07 Å². The minimum absolute atomic E-state index is 0.444. The Morgan fingerprint density at radius 1 is 1.00 bits per heavy atom. The SMILES string of the molecule is COc1cccc(OC)c1Oc1cc(Cl)c(N)cc1C. The number of hydrogen-bond donors (Lipinski definition) is 1. The van der Waals surface area contributed by atoms with Crippen molar-refractivity contribution < 1.29 is 14.2 Å². The molecular formula is C15H16ClNO3. The third-order valence-electron chi connectivity index (χ3n) is 2.89. The van der Waals surface area contributed by atoms with E-state index in [4.69, 9.17) is 31.5 Å². The molecule has 0 fully saturated rings. The van der Waals surface area contributed by atoms with E-state index in [9.17, 15) is 0 Å². The molecule has 2 aromatic rings. The average molecular weight is 294 g/mol. The van der Waals surface area contributed by atoms with Crippen LogP contribution in [0.2, 0.25) is 5.02 Å². The quantitative estimate of drug-likeness (QED) is 0.864. The molecule has 0 unspecified atom stereocenters. The second kappa shape index (κ2) is 5.92. The molecule has 0 aliphatic rings. The maximum atomic E-state index is 6.03. The third kappa shape index (κ3) is 2.75. The van der Waals surface area contributed by atoms with Gasteiger partial charge >= 0.3 is 0 Å². The molecule has 0 amide bonds. The lowest BCUT2D eigenvalue weighted by Gasteiger charge is -2.15. The number of para-hydroxylation sites is 1. The molecule has 0 aliphatic heterocycles. The number of ether oxygens (including phenoxy) is 3. The fraction of sp³-hybridized carbons (Fsp3) is 0.200. The number of hydrogen-bond acceptors (Lipinski definition) is 4. The second-order valence-electron chi connectivity index (χ2n) is 4.23. The topological polar surface area (TPSA) is 53.7 Å². The Labute approximate surface area is 123 Å². The van der Waals surface area contributed by atoms with Crippen molar-refractivity contribution in [3.05, 3.63) is 40.9 Å². The largest absolute Gasteiger partial charge is 0.493 e. The van der Waals surface area contributed by atoms with Crippen molar-refractivity contribution in [3.63, 3.8) is 0 Å². The van der Waals surface area contributed by atoms with E-state index >= 15 is 0 Å². The van der Waals surface area contributed by atoms with Crippen molar-refractivity contribution in [2.75, 3.05) is 20.0 Å². The summed E-state index contributed by atoms with van der Waals surface area (Å²) in [5.74, 6) is 2.27. The van der Waals surface area contributed by atoms with Gasteiger partial charge in [-0.25, -0.2) is 0 Å². The van der Waals surface area contributed by atoms with Crippen LogP contribution in [-0.2, 0) is 0 Å². The fourth-order valence-electron chi connectivity index (χ4n) is 1.82. The van der Waals surface area contributed by atoms with Gasteiger partial charge in [-0.2, -0.15) is 0 Å². The van der Waals surface area contributed by atoms with Crippen molar-refractivity contribution in [3.8, 4) is 23.0 Å². The molecule has 20 heavy (non-hydrogen) atoms. The summed E-state index contributed by atoms with van der Waals surface area (Å²) in [4.78, 5) is 0. The summed E-state index contributed by atoms with van der Waals surface area (Å²) in [6.07, 6.45) is 0. The molecule has 4 nitrogen and oxygen atoms in total. The highest BCUT2D eigenvalue weighted by atomic mass is 35.5. The highest BCUT2D eigenvalue weighted by molar-refractivity contribution is 6.33. The van der Waals surface area contributed by atoms with Gasteiger partial charge in [0.2, 0.25) is 5.75 Å². The fourth-order valence-corrected chi connectivity index (χ4v) is 1.98. The molecule has 2 N–H and O–H groups in total. The van der Waals surface area contributed by atoms with E-state index in [1.54, 1.807) is 38.5 Å². The highest BCUT2D eigenvalue weighted by Crippen LogP contribution is 2.41. The van der Waals surface area contributed by atoms with Crippen molar-refractivity contribution in [2.45, 2.75) is 6.92 Å². The van der Waals surface area contributed by atoms with E-state index in [0.29, 0.717) is 33.7 Å². The number of rotatable bonds is 4. The summed E-state index contributed by atoms with van der Waals surface area (Å²) in [5, 5.41) is 0.444. The number of anilines is 1. The minimum Gasteiger partial charge on any atom is -0.493 e. The average Bonchev–Trinajstić information content (AvgIpc) is 2.44. The van der Waals surface area contributed by atoms with Crippen molar-refractivity contribution in [2.24, 2.45) is 0 Å². The van der Waals surface area contributed by atoms with Gasteiger partial charge in [0.1, 0.15) is 5.75 Å². The Morgan fingerprint density at radius 2 is 1.60 bits per heavy atom. The Bertz CT molecular complexity index is 607. The molecule has 106 valence electrons. The van der Waals surface area contributed by atoms with Gasteiger partial charge in [0.25, 0.3) is 0 Å². The summed E-state index contributed by atoms with van der Waals surface area (Å²) in [5.41, 5.74) is 7.15. The van der Waals surface area contributed by atoms with Crippen LogP contribution >= 0.6 is 11.6 Å². The Balaban J connectivity index is 2.47. The molecule has 0 aliphatic carbocycles. The molecule has 0 saturated heterocycles. The van der Waals surface area contributed by atoms with Crippen molar-refractivity contribution >= 4 is 17.3 Å². The van der Waals surface area contributed by atoms with Crippen LogP contribution in [0.5, 0.6) is 23.0 Å². The van der Waals surface area contributed by atoms with Crippen LogP contribution in [0.15, 0.2) is 30.3 Å². The minimum atomic E-state index is 0.444. The van der Waals surface area contributed by atoms with Gasteiger partial charge in [-0.3, -0.25) is 0 Å². The maximum absolute atomic E-state index is 6.03. The lowest BCUT2D eigenvalue weighted by molar-refractivity contribution is 0.345. The molecule has 0 aromatic heterocycles. The zero-order chi connectivity index (χ0) is 14.7. The Morgan fingerprint density at radius 3 is 2.15 bits per heavy atom. The van der Waals surface area contributed by atoms with E-state index < -0.39 is 0 Å². The summed E-state index contributed by atoms with van der Waals surface area (Å²) >= 11 is 6.03. The van der Waals surface area contributed by atoms with Crippen LogP contribution in [0.1, 0.15) is 5.56 Å². The number of nitrogens with two attached hydrogens (primary N) is 1. The van der Waals surface area contributed by atoms with Gasteiger partial charge in [0.15, 0.2) is 11.5 Å². The molecular weight excluding hydrogens is 278 g/mol. The smallest absolute Gasteiger partial charge is 0.211 e. The second-order valence-corrected chi connectivity index (χ2v) is 4.64. The normalized spacial score (nSPS) is 10.2. The zero-order valence-electron chi connectivity index (χ0n) is 11.6. The lowest BCUT2D eigenvalue weighted by atomic mass is 10.2. The molecule has 0 heterocycles. The van der Waals surface area contributed by atoms with Crippen molar-refractivity contribution in [1.82, 2.24) is 0 Å². The monoisotopic (exact) mass is 293 g/mol. The first-order valence-electron chi connectivity index (χ1n) is 6.01. The summed E-state index contributed by atoms with van der Waals surface area (Å²) in [6.45, 7) is 1.89. The molecule has 5 heteroatoms. The van der Waals surface area contributed by atoms with Gasteiger partial charge in [-0.15, -0.1) is 0 Å². The van der Waals surface area contributed by atoms with E-state index in [0.717, 1.165) is 5.56 Å². The molecule has 2 rings (SSSR count). The first-order valence-corrected chi connectivity index (χ1v) is 6.39. The Hall–Kier alpha value is -2.07. The van der Waals surface area contributed by atoms with Crippen LogP contribution in [-0.4, -0.2) is 14.2 Å². The highest BCUT2D eigenvalue weighted by Gasteiger charge is 2.14. The summed E-state index contributed by atoms with van der Waals surface area (Å²) in [6, 6.07) is 8.86. The van der Waals surface area contributed by atoms with Gasteiger partial charge < -0.3 is 19.9 Å². The first-order chi connectivity index (χ1) is 9.56. The van der Waals surface area contributed by atoms with Crippen LogP contribution in [0.25, 0.3) is 0 Å². The first kappa shape index (κ1) is 14.3. The van der Waals surface area contributed by atoms with Gasteiger partial charge in [-0.1, -0.05) is 17.7 Å². The van der Waals surface area contributed by atoms with E-state index in [2.05, 4.69) is 0 Å². The lowest BCUT2D eigenvalue weighted by Crippen LogP contribution is -1.96. The molecule has 0 atom stereocenters. The Kier molecular flexibility index (Phi) is 4.25. The van der Waals surface area contributed by atoms with E-state index in [1.807, 2.05) is 13.0 Å². The predicted molar refractivity (Wildman–Crippen MR) is 80.2 cm³/mol. The predicted octanol–water partition coefficient (Wildman–Crippen LogP) is 4.04. The van der Waals surface area contributed by atoms with Crippen LogP contribution < -0.4 is 19.9 Å². The van der Waals surface area contributed by atoms with Crippen LogP contribution in [0, 0.1) is 6.92 Å². The summed E-state index contributed by atoms with van der Waals surface area (Å²) in [7, 11) is 3.15. The molecule has 0 radical (unpaired) electrons. The molecule has 0 bridgehead atoms. The molecule has 0 saturated carbocycles. The van der Waals surface area contributed by atoms with Crippen LogP contribution in [0.3, 0.4) is 0 Å². The van der Waals surface area contributed by atoms with Gasteiger partial charge in [-0.05, 0) is 30.7 Å². The number of nitrogen functional groups attached to an aromatic ring is 1. The maximum Gasteiger partial charge on any atom is 0.211 e. The zero-order valence-corrected chi connectivity index (χ0v) is 12.3. The number of benzene rings is 2. The number of halogens is 1. The molecule has 0 spiro atoms. The van der Waals surface area contributed by atoms with E-state index in [1.165, 1.54) is 0 Å². The van der Waals surface area contributed by atoms with Crippen LogP contribution in [0.4, 0.5) is 5.69 Å². The standard InChI is InChI=1S/C15H16ClNO3/c1-9-7-11(17)10(16)8-14(9)20-15-12(18-2)5-4-6-13(15)19-3/h4-8H,17H2,1-3H3. The third-order valence-corrected chi connectivity index (χ3v) is 3.22. The summed E-state index contributed by atoms with van der Waals surface area (Å²) < 4.78 is 16.5. The van der Waals surface area contributed by atoms with Crippen molar-refractivity contribution in [1.29, 1.82) is 0 Å². The van der Waals surface area contributed by atoms with E-state index in [-0.39, 0.29) is 0 Å². The molecule has 2 aromatic carbocycles. The number of aryl methyl sites for hydroxylation is 1.